The molecule has 0 bridgehead atoms. The van der Waals surface area contributed by atoms with Crippen LogP contribution >= 0.6 is 0 Å². The SMILES string of the molecule is C=CCOCc1ccc(-c2ccc(CC=CC[C@H]3CC[C@H](C=C)CC3)cc2)cc1. The van der Waals surface area contributed by atoms with Gasteiger partial charge >= 0.3 is 0 Å². The Kier molecular flexibility index (Phi) is 8.52. The molecule has 1 saturated carbocycles. The van der Waals surface area contributed by atoms with Crippen LogP contribution in [0.15, 0.2) is 86.0 Å². The number of benzene rings is 2. The Morgan fingerprint density at radius 2 is 1.41 bits per heavy atom. The predicted molar refractivity (Wildman–Crippen MR) is 125 cm³/mol. The molecule has 0 radical (unpaired) electrons. The Morgan fingerprint density at radius 3 is 2.00 bits per heavy atom. The van der Waals surface area contributed by atoms with Gasteiger partial charge in [0.2, 0.25) is 0 Å². The third-order valence-electron chi connectivity index (χ3n) is 5.96. The first-order chi connectivity index (χ1) is 14.3. The first-order valence-electron chi connectivity index (χ1n) is 10.9. The average Bonchev–Trinajstić information content (AvgIpc) is 2.78. The van der Waals surface area contributed by atoms with E-state index in [2.05, 4.69) is 79.9 Å². The first kappa shape index (κ1) is 21.3. The van der Waals surface area contributed by atoms with Crippen molar-refractivity contribution in [3.8, 4) is 11.1 Å². The maximum absolute atomic E-state index is 5.50. The summed E-state index contributed by atoms with van der Waals surface area (Å²) < 4.78 is 5.50. The van der Waals surface area contributed by atoms with Crippen molar-refractivity contribution in [3.05, 3.63) is 97.1 Å². The molecule has 1 fully saturated rings. The zero-order chi connectivity index (χ0) is 20.3. The highest BCUT2D eigenvalue weighted by atomic mass is 16.5. The fourth-order valence-corrected chi connectivity index (χ4v) is 4.05. The van der Waals surface area contributed by atoms with Gasteiger partial charge < -0.3 is 4.74 Å². The number of rotatable bonds is 10. The predicted octanol–water partition coefficient (Wildman–Crippen LogP) is 7.54. The molecule has 152 valence electrons. The number of allylic oxidation sites excluding steroid dienone is 3. The minimum absolute atomic E-state index is 0.591. The van der Waals surface area contributed by atoms with Crippen molar-refractivity contribution in [2.75, 3.05) is 6.61 Å². The van der Waals surface area contributed by atoms with Gasteiger partial charge in [-0.15, -0.1) is 13.2 Å². The summed E-state index contributed by atoms with van der Waals surface area (Å²) in [6.45, 7) is 8.83. The van der Waals surface area contributed by atoms with Crippen molar-refractivity contribution >= 4 is 0 Å². The van der Waals surface area contributed by atoms with Gasteiger partial charge in [-0.3, -0.25) is 0 Å². The Morgan fingerprint density at radius 1 is 0.793 bits per heavy atom. The van der Waals surface area contributed by atoms with Gasteiger partial charge in [-0.25, -0.2) is 0 Å². The lowest BCUT2D eigenvalue weighted by molar-refractivity contribution is 0.149. The smallest absolute Gasteiger partial charge is 0.0721 e. The van der Waals surface area contributed by atoms with E-state index >= 15 is 0 Å². The summed E-state index contributed by atoms with van der Waals surface area (Å²) in [7, 11) is 0. The minimum atomic E-state index is 0.591. The van der Waals surface area contributed by atoms with E-state index in [1.165, 1.54) is 54.4 Å². The highest BCUT2D eigenvalue weighted by molar-refractivity contribution is 5.64. The molecular weight excluding hydrogens is 352 g/mol. The Bertz CT molecular complexity index is 774. The van der Waals surface area contributed by atoms with Crippen LogP contribution in [0.3, 0.4) is 0 Å². The van der Waals surface area contributed by atoms with Gasteiger partial charge in [0.05, 0.1) is 13.2 Å². The summed E-state index contributed by atoms with van der Waals surface area (Å²) in [6, 6.07) is 17.6. The molecule has 0 aliphatic heterocycles. The summed E-state index contributed by atoms with van der Waals surface area (Å²) in [5, 5.41) is 0. The van der Waals surface area contributed by atoms with Gasteiger partial charge in [-0.1, -0.05) is 72.8 Å². The second-order valence-corrected chi connectivity index (χ2v) is 8.13. The number of ether oxygens (including phenoxy) is 1. The molecule has 0 atom stereocenters. The molecule has 29 heavy (non-hydrogen) atoms. The van der Waals surface area contributed by atoms with Crippen molar-refractivity contribution < 1.29 is 4.74 Å². The quantitative estimate of drug-likeness (QED) is 0.303. The van der Waals surface area contributed by atoms with E-state index in [4.69, 9.17) is 4.74 Å². The van der Waals surface area contributed by atoms with Crippen molar-refractivity contribution in [3.63, 3.8) is 0 Å². The van der Waals surface area contributed by atoms with Crippen molar-refractivity contribution in [2.45, 2.75) is 45.1 Å². The normalized spacial score (nSPS) is 19.3. The molecule has 1 nitrogen and oxygen atoms in total. The van der Waals surface area contributed by atoms with Crippen LogP contribution < -0.4 is 0 Å². The standard InChI is InChI=1S/C28H34O/c1-3-21-29-22-26-15-19-28(20-16-26)27-17-13-25(14-18-27)8-6-5-7-24-11-9-23(4-2)10-12-24/h3-6,13-20,23-24H,1-2,7-12,21-22H2/t23-,24-. The zero-order valence-electron chi connectivity index (χ0n) is 17.6. The lowest BCUT2D eigenvalue weighted by Gasteiger charge is -2.25. The van der Waals surface area contributed by atoms with Gasteiger partial charge in [-0.05, 0) is 72.6 Å². The minimum Gasteiger partial charge on any atom is -0.373 e. The van der Waals surface area contributed by atoms with Crippen LogP contribution in [0.25, 0.3) is 11.1 Å². The topological polar surface area (TPSA) is 9.23 Å². The molecule has 0 saturated heterocycles. The monoisotopic (exact) mass is 386 g/mol. The van der Waals surface area contributed by atoms with Crippen LogP contribution in [0.5, 0.6) is 0 Å². The molecule has 0 unspecified atom stereocenters. The van der Waals surface area contributed by atoms with Crippen LogP contribution in [0.4, 0.5) is 0 Å². The first-order valence-corrected chi connectivity index (χ1v) is 10.9. The van der Waals surface area contributed by atoms with Crippen LogP contribution in [0.1, 0.15) is 43.2 Å². The van der Waals surface area contributed by atoms with Crippen molar-refractivity contribution in [1.82, 2.24) is 0 Å². The van der Waals surface area contributed by atoms with Crippen LogP contribution in [-0.2, 0) is 17.8 Å². The van der Waals surface area contributed by atoms with Crippen molar-refractivity contribution in [2.24, 2.45) is 11.8 Å². The van der Waals surface area contributed by atoms with E-state index in [9.17, 15) is 0 Å². The lowest BCUT2D eigenvalue weighted by Crippen LogP contribution is -2.12. The number of hydrogen-bond donors (Lipinski definition) is 0. The summed E-state index contributed by atoms with van der Waals surface area (Å²) >= 11 is 0. The summed E-state index contributed by atoms with van der Waals surface area (Å²) in [6.07, 6.45) is 16.3. The third-order valence-corrected chi connectivity index (χ3v) is 5.96. The molecule has 0 amide bonds. The maximum Gasteiger partial charge on any atom is 0.0721 e. The Balaban J connectivity index is 1.45. The zero-order valence-corrected chi connectivity index (χ0v) is 17.6. The van der Waals surface area contributed by atoms with E-state index < -0.39 is 0 Å². The van der Waals surface area contributed by atoms with E-state index in [0.29, 0.717) is 13.2 Å². The molecule has 3 rings (SSSR count). The van der Waals surface area contributed by atoms with Crippen LogP contribution in [-0.4, -0.2) is 6.61 Å². The second-order valence-electron chi connectivity index (χ2n) is 8.13. The van der Waals surface area contributed by atoms with Crippen molar-refractivity contribution in [1.29, 1.82) is 0 Å². The summed E-state index contributed by atoms with van der Waals surface area (Å²) in [5.74, 6) is 1.63. The summed E-state index contributed by atoms with van der Waals surface area (Å²) in [5.41, 5.74) is 5.06. The molecule has 0 N–H and O–H groups in total. The van der Waals surface area contributed by atoms with E-state index in [1.807, 2.05) is 0 Å². The maximum atomic E-state index is 5.50. The highest BCUT2D eigenvalue weighted by Crippen LogP contribution is 2.31. The fourth-order valence-electron chi connectivity index (χ4n) is 4.05. The van der Waals surface area contributed by atoms with E-state index in [1.54, 1.807) is 6.08 Å². The molecule has 0 spiro atoms. The molecular formula is C28H34O. The van der Waals surface area contributed by atoms with Gasteiger partial charge in [0.15, 0.2) is 0 Å². The molecule has 1 aliphatic rings. The Hall–Kier alpha value is -2.38. The van der Waals surface area contributed by atoms with Gasteiger partial charge in [0.1, 0.15) is 0 Å². The van der Waals surface area contributed by atoms with Crippen LogP contribution in [0, 0.1) is 11.8 Å². The Labute approximate surface area is 176 Å². The third kappa shape index (κ3) is 6.87. The van der Waals surface area contributed by atoms with E-state index in [-0.39, 0.29) is 0 Å². The molecule has 2 aromatic carbocycles. The molecule has 1 heteroatoms. The van der Waals surface area contributed by atoms with Gasteiger partial charge in [-0.2, -0.15) is 0 Å². The van der Waals surface area contributed by atoms with E-state index in [0.717, 1.165) is 18.3 Å². The number of hydrogen-bond acceptors (Lipinski definition) is 1. The molecule has 0 aromatic heterocycles. The highest BCUT2D eigenvalue weighted by Gasteiger charge is 2.17. The molecule has 0 heterocycles. The molecule has 2 aromatic rings. The molecule has 1 aliphatic carbocycles. The fraction of sp³-hybridized carbons (Fsp3) is 0.357. The van der Waals surface area contributed by atoms with Gasteiger partial charge in [0, 0.05) is 0 Å². The summed E-state index contributed by atoms with van der Waals surface area (Å²) in [4.78, 5) is 0. The van der Waals surface area contributed by atoms with Crippen LogP contribution in [0.2, 0.25) is 0 Å². The second kappa shape index (κ2) is 11.6. The van der Waals surface area contributed by atoms with Gasteiger partial charge in [0.25, 0.3) is 0 Å². The largest absolute Gasteiger partial charge is 0.373 e. The average molecular weight is 387 g/mol. The lowest BCUT2D eigenvalue weighted by atomic mass is 9.80.